The smallest absolute Gasteiger partial charge is 0.261 e. The van der Waals surface area contributed by atoms with Crippen LogP contribution < -0.4 is 15.4 Å². The van der Waals surface area contributed by atoms with Gasteiger partial charge in [-0.25, -0.2) is 4.39 Å². The van der Waals surface area contributed by atoms with Crippen LogP contribution >= 0.6 is 0 Å². The number of benzene rings is 3. The zero-order chi connectivity index (χ0) is 30.8. The summed E-state index contributed by atoms with van der Waals surface area (Å²) in [5.41, 5.74) is 2.61. The normalized spacial score (nSPS) is 22.3. The van der Waals surface area contributed by atoms with Crippen LogP contribution in [0.1, 0.15) is 71.3 Å². The maximum atomic E-state index is 14.1. The van der Waals surface area contributed by atoms with E-state index >= 15 is 0 Å². The van der Waals surface area contributed by atoms with E-state index in [1.165, 1.54) is 18.0 Å². The van der Waals surface area contributed by atoms with Crippen molar-refractivity contribution in [3.8, 4) is 5.75 Å². The molecular weight excluding hydrogens is 569 g/mol. The van der Waals surface area contributed by atoms with Crippen molar-refractivity contribution in [2.45, 2.75) is 37.2 Å². The molecule has 2 N–H and O–H groups in total. The highest BCUT2D eigenvalue weighted by atomic mass is 19.1. The second-order valence-electron chi connectivity index (χ2n) is 10.9. The number of hydrogen-bond donors (Lipinski definition) is 2. The van der Waals surface area contributed by atoms with Crippen LogP contribution in [0.5, 0.6) is 5.75 Å². The molecular formula is C33H32FN3O7. The van der Waals surface area contributed by atoms with E-state index in [1.54, 1.807) is 30.3 Å². The molecule has 44 heavy (non-hydrogen) atoms. The number of rotatable bonds is 9. The first kappa shape index (κ1) is 29.5. The molecule has 3 aromatic carbocycles. The maximum Gasteiger partial charge on any atom is 0.261 e. The van der Waals surface area contributed by atoms with Crippen molar-refractivity contribution in [2.75, 3.05) is 33.5 Å². The second-order valence-corrected chi connectivity index (χ2v) is 10.9. The summed E-state index contributed by atoms with van der Waals surface area (Å²) < 4.78 is 31.6. The van der Waals surface area contributed by atoms with Crippen molar-refractivity contribution < 1.29 is 37.8 Å². The first-order valence-electron chi connectivity index (χ1n) is 14.6. The van der Waals surface area contributed by atoms with Crippen molar-refractivity contribution >= 4 is 23.6 Å². The van der Waals surface area contributed by atoms with E-state index in [4.69, 9.17) is 14.2 Å². The first-order chi connectivity index (χ1) is 21.4. The Hall–Kier alpha value is -4.61. The van der Waals surface area contributed by atoms with Crippen molar-refractivity contribution in [1.82, 2.24) is 15.5 Å². The zero-order valence-electron chi connectivity index (χ0n) is 24.1. The number of carbonyl (C=O) groups is 4. The van der Waals surface area contributed by atoms with Crippen LogP contribution in [0.4, 0.5) is 4.39 Å². The predicted octanol–water partition coefficient (Wildman–Crippen LogP) is 3.46. The predicted molar refractivity (Wildman–Crippen MR) is 156 cm³/mol. The van der Waals surface area contributed by atoms with Gasteiger partial charge in [0.25, 0.3) is 23.6 Å². The molecule has 3 heterocycles. The number of hydrogen-bond acceptors (Lipinski definition) is 7. The van der Waals surface area contributed by atoms with Crippen LogP contribution in [0.2, 0.25) is 0 Å². The molecule has 10 nitrogen and oxygen atoms in total. The zero-order valence-corrected chi connectivity index (χ0v) is 24.1. The van der Waals surface area contributed by atoms with E-state index in [0.717, 1.165) is 5.56 Å². The SMILES string of the molecule is CNC(=O)c1cc(C(=O)NCCCC2OCC(N3C(=O)c4ccccc4C3=O)CO2)cc2c1OC(CF)C2c1ccccc1. The van der Waals surface area contributed by atoms with Gasteiger partial charge in [0.2, 0.25) is 0 Å². The van der Waals surface area contributed by atoms with Crippen molar-refractivity contribution in [1.29, 1.82) is 0 Å². The molecule has 2 atom stereocenters. The molecule has 0 radical (unpaired) electrons. The topological polar surface area (TPSA) is 123 Å². The van der Waals surface area contributed by atoms with E-state index in [1.807, 2.05) is 30.3 Å². The molecule has 11 heteroatoms. The van der Waals surface area contributed by atoms with Gasteiger partial charge in [-0.1, -0.05) is 42.5 Å². The number of fused-ring (bicyclic) bond motifs is 2. The minimum atomic E-state index is -0.818. The third-order valence-corrected chi connectivity index (χ3v) is 8.18. The summed E-state index contributed by atoms with van der Waals surface area (Å²) in [6, 6.07) is 18.6. The highest BCUT2D eigenvalue weighted by Gasteiger charge is 2.42. The number of carbonyl (C=O) groups excluding carboxylic acids is 4. The summed E-state index contributed by atoms with van der Waals surface area (Å²) in [6.07, 6.45) is -0.354. The Morgan fingerprint density at radius 3 is 2.23 bits per heavy atom. The van der Waals surface area contributed by atoms with Gasteiger partial charge in [-0.05, 0) is 36.2 Å². The highest BCUT2D eigenvalue weighted by molar-refractivity contribution is 6.21. The summed E-state index contributed by atoms with van der Waals surface area (Å²) in [5, 5.41) is 5.45. The fourth-order valence-electron chi connectivity index (χ4n) is 6.00. The van der Waals surface area contributed by atoms with Gasteiger partial charge in [-0.15, -0.1) is 0 Å². The van der Waals surface area contributed by atoms with E-state index in [2.05, 4.69) is 10.6 Å². The fraction of sp³-hybridized carbons (Fsp3) is 0.333. The number of nitrogens with zero attached hydrogens (tertiary/aromatic N) is 1. The second kappa shape index (κ2) is 12.6. The molecule has 4 amide bonds. The largest absolute Gasteiger partial charge is 0.486 e. The third kappa shape index (κ3) is 5.44. The summed E-state index contributed by atoms with van der Waals surface area (Å²) in [5.74, 6) is -1.72. The molecule has 2 unspecified atom stereocenters. The lowest BCUT2D eigenvalue weighted by molar-refractivity contribution is -0.199. The first-order valence-corrected chi connectivity index (χ1v) is 14.6. The van der Waals surface area contributed by atoms with E-state index < -0.39 is 36.9 Å². The van der Waals surface area contributed by atoms with Crippen LogP contribution in [-0.4, -0.2) is 80.4 Å². The van der Waals surface area contributed by atoms with Gasteiger partial charge in [0.15, 0.2) is 6.29 Å². The van der Waals surface area contributed by atoms with Crippen LogP contribution in [0, 0.1) is 0 Å². The minimum Gasteiger partial charge on any atom is -0.486 e. The fourth-order valence-corrected chi connectivity index (χ4v) is 6.00. The van der Waals surface area contributed by atoms with E-state index in [0.29, 0.717) is 36.1 Å². The number of amides is 4. The van der Waals surface area contributed by atoms with E-state index in [-0.39, 0.29) is 47.8 Å². The third-order valence-electron chi connectivity index (χ3n) is 8.18. The quantitative estimate of drug-likeness (QED) is 0.285. The Kier molecular flexibility index (Phi) is 8.40. The van der Waals surface area contributed by atoms with Crippen LogP contribution in [0.3, 0.4) is 0 Å². The highest BCUT2D eigenvalue weighted by Crippen LogP contribution is 2.45. The number of halogens is 1. The average Bonchev–Trinajstić information content (AvgIpc) is 3.57. The summed E-state index contributed by atoms with van der Waals surface area (Å²) >= 11 is 0. The Morgan fingerprint density at radius 1 is 0.932 bits per heavy atom. The Labute approximate surface area is 253 Å². The molecule has 6 rings (SSSR count). The lowest BCUT2D eigenvalue weighted by Gasteiger charge is -2.33. The molecule has 3 aliphatic rings. The van der Waals surface area contributed by atoms with Gasteiger partial charge < -0.3 is 24.8 Å². The number of imide groups is 1. The molecule has 0 saturated carbocycles. The molecule has 0 bridgehead atoms. The molecule has 3 aliphatic heterocycles. The monoisotopic (exact) mass is 601 g/mol. The van der Waals surface area contributed by atoms with E-state index in [9.17, 15) is 23.6 Å². The Morgan fingerprint density at radius 2 is 1.59 bits per heavy atom. The van der Waals surface area contributed by atoms with Crippen molar-refractivity contribution in [2.24, 2.45) is 0 Å². The van der Waals surface area contributed by atoms with Crippen LogP contribution in [0.15, 0.2) is 66.7 Å². The summed E-state index contributed by atoms with van der Waals surface area (Å²) in [7, 11) is 1.48. The van der Waals surface area contributed by atoms with Gasteiger partial charge in [0.05, 0.1) is 41.9 Å². The Bertz CT molecular complexity index is 1550. The number of ether oxygens (including phenoxy) is 3. The minimum absolute atomic E-state index is 0.157. The van der Waals surface area contributed by atoms with Gasteiger partial charge >= 0.3 is 0 Å². The molecule has 0 spiro atoms. The van der Waals surface area contributed by atoms with Gasteiger partial charge in [0.1, 0.15) is 18.5 Å². The van der Waals surface area contributed by atoms with Crippen molar-refractivity contribution in [3.05, 3.63) is 100 Å². The van der Waals surface area contributed by atoms with Crippen LogP contribution in [-0.2, 0) is 9.47 Å². The molecule has 228 valence electrons. The Balaban J connectivity index is 1.06. The van der Waals surface area contributed by atoms with Crippen molar-refractivity contribution in [3.63, 3.8) is 0 Å². The summed E-state index contributed by atoms with van der Waals surface area (Å²) in [6.45, 7) is -0.135. The lowest BCUT2D eigenvalue weighted by Crippen LogP contribution is -2.49. The molecule has 0 aliphatic carbocycles. The molecule has 0 aromatic heterocycles. The van der Waals surface area contributed by atoms with Crippen LogP contribution in [0.25, 0.3) is 0 Å². The average molecular weight is 602 g/mol. The standard InChI is InChI=1S/C33H32FN3O7/c1-35-31(39)25-15-20(14-24-28(19-8-3-2-4-9-19)26(16-34)44-29(24)25)30(38)36-13-7-12-27-42-17-21(18-43-27)37-32(40)22-10-5-6-11-23(22)33(37)41/h2-6,8-11,14-15,21,26-28H,7,12-13,16-18H2,1H3,(H,35,39)(H,36,38). The number of alkyl halides is 1. The van der Waals surface area contributed by atoms with Gasteiger partial charge in [-0.3, -0.25) is 24.1 Å². The molecule has 1 saturated heterocycles. The number of nitrogens with one attached hydrogen (secondary N) is 2. The molecule has 3 aromatic rings. The summed E-state index contributed by atoms with van der Waals surface area (Å²) in [4.78, 5) is 52.6. The van der Waals surface area contributed by atoms with Gasteiger partial charge in [-0.2, -0.15) is 0 Å². The van der Waals surface area contributed by atoms with Gasteiger partial charge in [0, 0.05) is 31.1 Å². The lowest BCUT2D eigenvalue weighted by atomic mass is 9.86. The molecule has 1 fully saturated rings. The maximum absolute atomic E-state index is 14.1.